The van der Waals surface area contributed by atoms with Gasteiger partial charge < -0.3 is 5.73 Å². The van der Waals surface area contributed by atoms with Gasteiger partial charge in [-0.25, -0.2) is 4.98 Å². The minimum Gasteiger partial charge on any atom is -0.326 e. The standard InChI is InChI=1S/C19H20N4S.ClH/c20-17-12-23(11-16(17)14-6-2-1-3-7-14)10-15-13-24-19(22-15)18-8-4-5-9-21-18;/h1-9,13,16-17H,10-12,20H2;1H/t16-,17+;/m0./s1. The number of benzene rings is 1. The van der Waals surface area contributed by atoms with E-state index in [2.05, 4.69) is 45.6 Å². The van der Waals surface area contributed by atoms with Gasteiger partial charge in [-0.15, -0.1) is 23.7 Å². The van der Waals surface area contributed by atoms with E-state index in [0.29, 0.717) is 5.92 Å². The Hall–Kier alpha value is -1.79. The largest absolute Gasteiger partial charge is 0.326 e. The van der Waals surface area contributed by atoms with Gasteiger partial charge in [0.05, 0.1) is 11.4 Å². The average molecular weight is 373 g/mol. The molecule has 1 aliphatic rings. The summed E-state index contributed by atoms with van der Waals surface area (Å²) in [5.74, 6) is 0.403. The van der Waals surface area contributed by atoms with Crippen LogP contribution in [0, 0.1) is 0 Å². The summed E-state index contributed by atoms with van der Waals surface area (Å²) in [5, 5.41) is 3.11. The number of nitrogens with two attached hydrogens (primary N) is 1. The number of nitrogens with zero attached hydrogens (tertiary/aromatic N) is 3. The van der Waals surface area contributed by atoms with E-state index in [9.17, 15) is 0 Å². The van der Waals surface area contributed by atoms with Crippen LogP contribution in [0.3, 0.4) is 0 Å². The van der Waals surface area contributed by atoms with E-state index in [1.54, 1.807) is 17.5 Å². The molecule has 0 unspecified atom stereocenters. The van der Waals surface area contributed by atoms with E-state index < -0.39 is 0 Å². The summed E-state index contributed by atoms with van der Waals surface area (Å²) >= 11 is 1.65. The van der Waals surface area contributed by atoms with Gasteiger partial charge in [0, 0.05) is 43.2 Å². The molecule has 6 heteroatoms. The van der Waals surface area contributed by atoms with Crippen molar-refractivity contribution < 1.29 is 0 Å². The second-order valence-corrected chi connectivity index (χ2v) is 7.09. The Labute approximate surface area is 158 Å². The lowest BCUT2D eigenvalue weighted by Crippen LogP contribution is -2.28. The van der Waals surface area contributed by atoms with Gasteiger partial charge in [0.2, 0.25) is 0 Å². The van der Waals surface area contributed by atoms with Crippen LogP contribution in [0.25, 0.3) is 10.7 Å². The molecule has 0 saturated carbocycles. The van der Waals surface area contributed by atoms with Crippen LogP contribution in [0.4, 0.5) is 0 Å². The first-order valence-electron chi connectivity index (χ1n) is 8.18. The Morgan fingerprint density at radius 2 is 1.88 bits per heavy atom. The van der Waals surface area contributed by atoms with Gasteiger partial charge in [0.15, 0.2) is 0 Å². The van der Waals surface area contributed by atoms with Crippen LogP contribution in [-0.4, -0.2) is 34.0 Å². The SMILES string of the molecule is Cl.N[C@@H]1CN(Cc2csc(-c3ccccn3)n2)C[C@H]1c1ccccc1. The maximum atomic E-state index is 6.38. The third-order valence-corrected chi connectivity index (χ3v) is 5.40. The molecule has 3 heterocycles. The number of aromatic nitrogens is 2. The molecule has 1 saturated heterocycles. The smallest absolute Gasteiger partial charge is 0.142 e. The Morgan fingerprint density at radius 3 is 2.64 bits per heavy atom. The number of pyridine rings is 1. The first kappa shape index (κ1) is 18.0. The van der Waals surface area contributed by atoms with Gasteiger partial charge in [0.1, 0.15) is 5.01 Å². The highest BCUT2D eigenvalue weighted by Crippen LogP contribution is 2.28. The van der Waals surface area contributed by atoms with E-state index in [1.807, 2.05) is 18.2 Å². The fourth-order valence-corrected chi connectivity index (χ4v) is 4.10. The van der Waals surface area contributed by atoms with Gasteiger partial charge >= 0.3 is 0 Å². The first-order chi connectivity index (χ1) is 11.8. The van der Waals surface area contributed by atoms with E-state index in [-0.39, 0.29) is 18.4 Å². The van der Waals surface area contributed by atoms with Crippen molar-refractivity contribution in [2.75, 3.05) is 13.1 Å². The molecule has 1 aromatic carbocycles. The highest BCUT2D eigenvalue weighted by molar-refractivity contribution is 7.13. The molecule has 2 N–H and O–H groups in total. The molecule has 1 aliphatic heterocycles. The van der Waals surface area contributed by atoms with Crippen LogP contribution in [0.5, 0.6) is 0 Å². The molecule has 1 fully saturated rings. The van der Waals surface area contributed by atoms with Crippen molar-refractivity contribution >= 4 is 23.7 Å². The zero-order valence-corrected chi connectivity index (χ0v) is 15.4. The molecule has 25 heavy (non-hydrogen) atoms. The van der Waals surface area contributed by atoms with Crippen LogP contribution in [0.2, 0.25) is 0 Å². The molecule has 4 rings (SSSR count). The molecular formula is C19H21ClN4S. The molecule has 0 aliphatic carbocycles. The summed E-state index contributed by atoms with van der Waals surface area (Å²) in [5.41, 5.74) is 9.75. The lowest BCUT2D eigenvalue weighted by atomic mass is 9.95. The molecule has 2 atom stereocenters. The van der Waals surface area contributed by atoms with Crippen LogP contribution in [-0.2, 0) is 6.54 Å². The number of halogens is 1. The maximum absolute atomic E-state index is 6.38. The Balaban J connectivity index is 0.00000182. The summed E-state index contributed by atoms with van der Waals surface area (Å²) in [7, 11) is 0. The number of likely N-dealkylation sites (tertiary alicyclic amines) is 1. The zero-order valence-electron chi connectivity index (χ0n) is 13.8. The van der Waals surface area contributed by atoms with Gasteiger partial charge in [-0.1, -0.05) is 36.4 Å². The van der Waals surface area contributed by atoms with Crippen molar-refractivity contribution in [2.45, 2.75) is 18.5 Å². The van der Waals surface area contributed by atoms with E-state index >= 15 is 0 Å². The first-order valence-corrected chi connectivity index (χ1v) is 9.06. The Bertz CT molecular complexity index is 793. The van der Waals surface area contributed by atoms with E-state index in [4.69, 9.17) is 10.7 Å². The topological polar surface area (TPSA) is 55.0 Å². The van der Waals surface area contributed by atoms with Crippen molar-refractivity contribution in [3.63, 3.8) is 0 Å². The third-order valence-electron chi connectivity index (χ3n) is 4.49. The number of hydrogen-bond acceptors (Lipinski definition) is 5. The molecule has 0 spiro atoms. The molecule has 4 nitrogen and oxygen atoms in total. The monoisotopic (exact) mass is 372 g/mol. The van der Waals surface area contributed by atoms with Crippen molar-refractivity contribution in [3.05, 3.63) is 71.4 Å². The predicted molar refractivity (Wildman–Crippen MR) is 105 cm³/mol. The summed E-state index contributed by atoms with van der Waals surface area (Å²) in [6, 6.07) is 16.7. The lowest BCUT2D eigenvalue weighted by molar-refractivity contribution is 0.320. The van der Waals surface area contributed by atoms with Crippen molar-refractivity contribution in [1.29, 1.82) is 0 Å². The van der Waals surface area contributed by atoms with Crippen molar-refractivity contribution in [3.8, 4) is 10.7 Å². The van der Waals surface area contributed by atoms with Gasteiger partial charge in [-0.2, -0.15) is 0 Å². The third kappa shape index (κ3) is 4.07. The Morgan fingerprint density at radius 1 is 1.08 bits per heavy atom. The van der Waals surface area contributed by atoms with Gasteiger partial charge in [0.25, 0.3) is 0 Å². The molecule has 0 radical (unpaired) electrons. The lowest BCUT2D eigenvalue weighted by Gasteiger charge is -2.15. The molecular weight excluding hydrogens is 352 g/mol. The fraction of sp³-hybridized carbons (Fsp3) is 0.263. The minimum atomic E-state index is 0. The second-order valence-electron chi connectivity index (χ2n) is 6.23. The summed E-state index contributed by atoms with van der Waals surface area (Å²) in [4.78, 5) is 11.5. The van der Waals surface area contributed by atoms with Crippen LogP contribution < -0.4 is 5.73 Å². The van der Waals surface area contributed by atoms with E-state index in [0.717, 1.165) is 36.0 Å². The number of thiazole rings is 1. The molecule has 0 amide bonds. The molecule has 0 bridgehead atoms. The highest BCUT2D eigenvalue weighted by Gasteiger charge is 2.31. The summed E-state index contributed by atoms with van der Waals surface area (Å²) in [6.45, 7) is 2.75. The Kier molecular flexibility index (Phi) is 5.81. The van der Waals surface area contributed by atoms with Gasteiger partial charge in [-0.3, -0.25) is 9.88 Å². The summed E-state index contributed by atoms with van der Waals surface area (Å²) in [6.07, 6.45) is 1.81. The fourth-order valence-electron chi connectivity index (χ4n) is 3.31. The maximum Gasteiger partial charge on any atom is 0.142 e. The predicted octanol–water partition coefficient (Wildman–Crippen LogP) is 3.55. The van der Waals surface area contributed by atoms with Crippen molar-refractivity contribution in [2.24, 2.45) is 5.73 Å². The molecule has 3 aromatic rings. The normalized spacial score (nSPS) is 20.4. The van der Waals surface area contributed by atoms with Crippen LogP contribution in [0.15, 0.2) is 60.1 Å². The summed E-state index contributed by atoms with van der Waals surface area (Å²) < 4.78 is 0. The van der Waals surface area contributed by atoms with E-state index in [1.165, 1.54) is 5.56 Å². The van der Waals surface area contributed by atoms with Crippen molar-refractivity contribution in [1.82, 2.24) is 14.9 Å². The number of hydrogen-bond donors (Lipinski definition) is 1. The number of rotatable bonds is 4. The zero-order chi connectivity index (χ0) is 16.4. The van der Waals surface area contributed by atoms with Crippen LogP contribution >= 0.6 is 23.7 Å². The average Bonchev–Trinajstić information content (AvgIpc) is 3.23. The highest BCUT2D eigenvalue weighted by atomic mass is 35.5. The molecule has 130 valence electrons. The quantitative estimate of drug-likeness (QED) is 0.760. The second kappa shape index (κ2) is 8.06. The minimum absolute atomic E-state index is 0. The van der Waals surface area contributed by atoms with Crippen LogP contribution in [0.1, 0.15) is 17.2 Å². The molecule has 2 aromatic heterocycles. The van der Waals surface area contributed by atoms with Gasteiger partial charge in [-0.05, 0) is 17.7 Å².